The Balaban J connectivity index is 2.23. The van der Waals surface area contributed by atoms with Crippen LogP contribution in [0.2, 0.25) is 0 Å². The van der Waals surface area contributed by atoms with Crippen molar-refractivity contribution in [3.8, 4) is 0 Å². The molecule has 0 spiro atoms. The van der Waals surface area contributed by atoms with Crippen molar-refractivity contribution in [3.05, 3.63) is 17.7 Å². The summed E-state index contributed by atoms with van der Waals surface area (Å²) >= 11 is 1.63. The Hall–Kier alpha value is -1.26. The second-order valence-electron chi connectivity index (χ2n) is 3.44. The predicted octanol–water partition coefficient (Wildman–Crippen LogP) is -0.941. The van der Waals surface area contributed by atoms with Crippen LogP contribution in [-0.4, -0.2) is 36.6 Å². The molecule has 0 atom stereocenters. The van der Waals surface area contributed by atoms with Gasteiger partial charge in [-0.15, -0.1) is 0 Å². The minimum Gasteiger partial charge on any atom is -0.369 e. The lowest BCUT2D eigenvalue weighted by Crippen LogP contribution is -2.41. The van der Waals surface area contributed by atoms with Crippen LogP contribution in [0, 0.1) is 6.92 Å². The number of nitrogens with two attached hydrogens (primary N) is 2. The fourth-order valence-electron chi connectivity index (χ4n) is 1.11. The molecule has 0 saturated carbocycles. The van der Waals surface area contributed by atoms with E-state index in [0.717, 1.165) is 17.1 Å². The molecule has 1 aromatic rings. The number of nitrogens with zero attached hydrogens (tertiary/aromatic N) is 2. The SMILES string of the molecule is Cc1[nH]cnc1CSCCN=C(N)NS(N)(=O)=O. The number of nitrogens with one attached hydrogen (secondary N) is 2. The fourth-order valence-corrected chi connectivity index (χ4v) is 2.32. The number of rotatable bonds is 6. The van der Waals surface area contributed by atoms with Crippen LogP contribution in [-0.2, 0) is 16.0 Å². The highest BCUT2D eigenvalue weighted by molar-refractivity contribution is 7.98. The van der Waals surface area contributed by atoms with E-state index in [1.54, 1.807) is 18.1 Å². The summed E-state index contributed by atoms with van der Waals surface area (Å²) in [6.45, 7) is 2.36. The van der Waals surface area contributed by atoms with Gasteiger partial charge in [0.2, 0.25) is 5.96 Å². The van der Waals surface area contributed by atoms with Crippen molar-refractivity contribution in [2.75, 3.05) is 12.3 Å². The first-order valence-electron chi connectivity index (χ1n) is 5.05. The van der Waals surface area contributed by atoms with E-state index in [2.05, 4.69) is 15.0 Å². The molecular formula is C8H16N6O2S2. The minimum atomic E-state index is -3.83. The highest BCUT2D eigenvalue weighted by Gasteiger charge is 2.02. The third-order valence-corrected chi connectivity index (χ3v) is 3.38. The van der Waals surface area contributed by atoms with E-state index in [4.69, 9.17) is 10.9 Å². The molecule has 0 saturated heterocycles. The number of aliphatic imine (C=N–C) groups is 1. The minimum absolute atomic E-state index is 0.200. The van der Waals surface area contributed by atoms with E-state index in [0.29, 0.717) is 12.3 Å². The topological polar surface area (TPSA) is 139 Å². The zero-order valence-electron chi connectivity index (χ0n) is 9.88. The maximum atomic E-state index is 10.6. The lowest BCUT2D eigenvalue weighted by Gasteiger charge is -2.02. The molecule has 1 rings (SSSR count). The summed E-state index contributed by atoms with van der Waals surface area (Å²) in [5, 5.41) is 4.73. The van der Waals surface area contributed by atoms with Gasteiger partial charge in [0.15, 0.2) is 0 Å². The summed E-state index contributed by atoms with van der Waals surface area (Å²) in [6, 6.07) is 0. The van der Waals surface area contributed by atoms with Crippen LogP contribution < -0.4 is 15.6 Å². The molecule has 0 radical (unpaired) electrons. The number of H-pyrrole nitrogens is 1. The van der Waals surface area contributed by atoms with E-state index >= 15 is 0 Å². The zero-order valence-corrected chi connectivity index (χ0v) is 11.5. The second-order valence-corrected chi connectivity index (χ2v) is 5.84. The van der Waals surface area contributed by atoms with Crippen LogP contribution in [0.25, 0.3) is 0 Å². The van der Waals surface area contributed by atoms with Crippen molar-refractivity contribution in [3.63, 3.8) is 0 Å². The number of aromatic nitrogens is 2. The maximum Gasteiger partial charge on any atom is 0.298 e. The largest absolute Gasteiger partial charge is 0.369 e. The predicted molar refractivity (Wildman–Crippen MR) is 72.2 cm³/mol. The van der Waals surface area contributed by atoms with Gasteiger partial charge >= 0.3 is 0 Å². The first-order chi connectivity index (χ1) is 8.38. The average molecular weight is 292 g/mol. The molecule has 0 aromatic carbocycles. The molecule has 0 aliphatic heterocycles. The van der Waals surface area contributed by atoms with E-state index in [-0.39, 0.29) is 5.96 Å². The van der Waals surface area contributed by atoms with Crippen molar-refractivity contribution in [1.29, 1.82) is 0 Å². The fraction of sp³-hybridized carbons (Fsp3) is 0.500. The molecule has 0 amide bonds. The summed E-state index contributed by atoms with van der Waals surface area (Å²) < 4.78 is 23.1. The smallest absolute Gasteiger partial charge is 0.298 e. The summed E-state index contributed by atoms with van der Waals surface area (Å²) in [5.41, 5.74) is 7.36. The number of aromatic amines is 1. The average Bonchev–Trinajstić information content (AvgIpc) is 2.61. The molecule has 1 heterocycles. The van der Waals surface area contributed by atoms with Crippen LogP contribution >= 0.6 is 11.8 Å². The summed E-state index contributed by atoms with van der Waals surface area (Å²) in [4.78, 5) is 11.0. The van der Waals surface area contributed by atoms with Crippen molar-refractivity contribution < 1.29 is 8.42 Å². The zero-order chi connectivity index (χ0) is 13.6. The Morgan fingerprint density at radius 2 is 2.39 bits per heavy atom. The molecule has 102 valence electrons. The lowest BCUT2D eigenvalue weighted by molar-refractivity contribution is 0.594. The third-order valence-electron chi connectivity index (χ3n) is 1.94. The highest BCUT2D eigenvalue weighted by Crippen LogP contribution is 2.11. The van der Waals surface area contributed by atoms with Gasteiger partial charge in [0.25, 0.3) is 10.2 Å². The Morgan fingerprint density at radius 1 is 1.67 bits per heavy atom. The van der Waals surface area contributed by atoms with Gasteiger partial charge in [-0.1, -0.05) is 0 Å². The first-order valence-corrected chi connectivity index (χ1v) is 7.75. The van der Waals surface area contributed by atoms with Gasteiger partial charge in [-0.05, 0) is 6.92 Å². The van der Waals surface area contributed by atoms with Crippen LogP contribution in [0.5, 0.6) is 0 Å². The lowest BCUT2D eigenvalue weighted by atomic mass is 10.4. The van der Waals surface area contributed by atoms with Crippen LogP contribution in [0.15, 0.2) is 11.3 Å². The molecule has 18 heavy (non-hydrogen) atoms. The number of imidazole rings is 1. The van der Waals surface area contributed by atoms with Gasteiger partial charge in [-0.2, -0.15) is 20.2 Å². The van der Waals surface area contributed by atoms with Crippen molar-refractivity contribution in [2.24, 2.45) is 15.9 Å². The Labute approximate surface area is 110 Å². The molecule has 10 heteroatoms. The molecule has 0 unspecified atom stereocenters. The molecule has 1 aromatic heterocycles. The van der Waals surface area contributed by atoms with Crippen molar-refractivity contribution in [2.45, 2.75) is 12.7 Å². The Bertz CT molecular complexity index is 509. The number of hydrogen-bond acceptors (Lipinski definition) is 5. The number of aryl methyl sites for hydroxylation is 1. The normalized spacial score (nSPS) is 12.7. The molecular weight excluding hydrogens is 276 g/mol. The molecule has 8 nitrogen and oxygen atoms in total. The summed E-state index contributed by atoms with van der Waals surface area (Å²) in [6.07, 6.45) is 1.65. The van der Waals surface area contributed by atoms with Gasteiger partial charge < -0.3 is 10.7 Å². The molecule has 0 aliphatic carbocycles. The van der Waals surface area contributed by atoms with Gasteiger partial charge in [0, 0.05) is 17.2 Å². The Kier molecular flexibility index (Phi) is 5.44. The quantitative estimate of drug-likeness (QED) is 0.304. The van der Waals surface area contributed by atoms with Crippen LogP contribution in [0.1, 0.15) is 11.4 Å². The second kappa shape index (κ2) is 6.61. The summed E-state index contributed by atoms with van der Waals surface area (Å²) in [5.74, 6) is 1.28. The summed E-state index contributed by atoms with van der Waals surface area (Å²) in [7, 11) is -3.83. The highest BCUT2D eigenvalue weighted by atomic mass is 32.2. The Morgan fingerprint density at radius 3 is 2.94 bits per heavy atom. The van der Waals surface area contributed by atoms with Gasteiger partial charge in [-0.25, -0.2) is 14.8 Å². The molecule has 0 bridgehead atoms. The molecule has 6 N–H and O–H groups in total. The van der Waals surface area contributed by atoms with Crippen molar-refractivity contribution in [1.82, 2.24) is 14.7 Å². The number of guanidine groups is 1. The molecule has 0 fully saturated rings. The maximum absolute atomic E-state index is 10.6. The van der Waals surface area contributed by atoms with E-state index in [1.807, 2.05) is 11.6 Å². The van der Waals surface area contributed by atoms with E-state index in [9.17, 15) is 8.42 Å². The monoisotopic (exact) mass is 292 g/mol. The van der Waals surface area contributed by atoms with Crippen molar-refractivity contribution >= 4 is 27.9 Å². The van der Waals surface area contributed by atoms with Crippen LogP contribution in [0.4, 0.5) is 0 Å². The van der Waals surface area contributed by atoms with E-state index in [1.165, 1.54) is 0 Å². The first kappa shape index (κ1) is 14.8. The molecule has 0 aliphatic rings. The van der Waals surface area contributed by atoms with Gasteiger partial charge in [0.05, 0.1) is 18.6 Å². The van der Waals surface area contributed by atoms with Gasteiger partial charge in [0.1, 0.15) is 0 Å². The third kappa shape index (κ3) is 5.89. The van der Waals surface area contributed by atoms with E-state index < -0.39 is 10.2 Å². The number of hydrogen-bond donors (Lipinski definition) is 4. The van der Waals surface area contributed by atoms with Crippen LogP contribution in [0.3, 0.4) is 0 Å². The number of thioether (sulfide) groups is 1. The van der Waals surface area contributed by atoms with Gasteiger partial charge in [-0.3, -0.25) is 4.99 Å². The standard InChI is InChI=1S/C8H16N6O2S2/c1-6-7(13-5-12-6)4-17-3-2-11-8(9)14-18(10,15)16/h5H,2-4H2,1H3,(H,12,13)(H3,9,11,14)(H2,10,15,16).